The van der Waals surface area contributed by atoms with Gasteiger partial charge in [0.2, 0.25) is 5.82 Å². The van der Waals surface area contributed by atoms with Gasteiger partial charge in [0.15, 0.2) is 0 Å². The average Bonchev–Trinajstić information content (AvgIpc) is 2.03. The first kappa shape index (κ1) is 9.57. The molecule has 0 aromatic carbocycles. The van der Waals surface area contributed by atoms with E-state index in [1.54, 1.807) is 0 Å². The van der Waals surface area contributed by atoms with E-state index >= 15 is 0 Å². The molecule has 70 valence electrons. The van der Waals surface area contributed by atoms with E-state index in [0.717, 1.165) is 0 Å². The van der Waals surface area contributed by atoms with Crippen LogP contribution in [0.4, 0.5) is 0 Å². The van der Waals surface area contributed by atoms with Crippen LogP contribution in [0, 0.1) is 0 Å². The molecule has 1 rings (SSSR count). The van der Waals surface area contributed by atoms with Gasteiger partial charge < -0.3 is 5.73 Å². The van der Waals surface area contributed by atoms with Crippen LogP contribution in [0.1, 0.15) is 37.1 Å². The molecule has 0 fully saturated rings. The Kier molecular flexibility index (Phi) is 2.27. The van der Waals surface area contributed by atoms with E-state index in [1.165, 1.54) is 6.20 Å². The third-order valence-electron chi connectivity index (χ3n) is 1.55. The summed E-state index contributed by atoms with van der Waals surface area (Å²) < 4.78 is 0. The molecule has 0 aliphatic heterocycles. The minimum Gasteiger partial charge on any atom is -0.363 e. The van der Waals surface area contributed by atoms with Crippen LogP contribution in [0.2, 0.25) is 0 Å². The summed E-state index contributed by atoms with van der Waals surface area (Å²) in [5.74, 6) is -0.689. The van der Waals surface area contributed by atoms with E-state index in [-0.39, 0.29) is 11.2 Å². The van der Waals surface area contributed by atoms with Crippen LogP contribution in [-0.4, -0.2) is 21.1 Å². The van der Waals surface area contributed by atoms with Crippen molar-refractivity contribution in [1.82, 2.24) is 15.2 Å². The highest BCUT2D eigenvalue weighted by molar-refractivity contribution is 5.88. The van der Waals surface area contributed by atoms with Gasteiger partial charge in [-0.2, -0.15) is 5.10 Å². The van der Waals surface area contributed by atoms with Crippen molar-refractivity contribution in [2.45, 2.75) is 26.2 Å². The number of amides is 1. The maximum atomic E-state index is 10.7. The van der Waals surface area contributed by atoms with Gasteiger partial charge in [0, 0.05) is 5.41 Å². The monoisotopic (exact) mass is 180 g/mol. The zero-order chi connectivity index (χ0) is 10.1. The van der Waals surface area contributed by atoms with Gasteiger partial charge >= 0.3 is 0 Å². The molecule has 0 atom stereocenters. The Morgan fingerprint density at radius 2 is 2.08 bits per heavy atom. The molecule has 1 aromatic rings. The molecule has 0 saturated heterocycles. The second kappa shape index (κ2) is 3.08. The molecular formula is C8H12N4O. The molecule has 2 N–H and O–H groups in total. The average molecular weight is 180 g/mol. The molecule has 0 radical (unpaired) electrons. The Hall–Kier alpha value is -1.52. The van der Waals surface area contributed by atoms with Crippen molar-refractivity contribution in [3.8, 4) is 0 Å². The third kappa shape index (κ3) is 2.21. The van der Waals surface area contributed by atoms with E-state index < -0.39 is 5.91 Å². The molecule has 13 heavy (non-hydrogen) atoms. The number of primary amides is 1. The van der Waals surface area contributed by atoms with Crippen LogP contribution >= 0.6 is 0 Å². The van der Waals surface area contributed by atoms with Crippen LogP contribution in [0.5, 0.6) is 0 Å². The zero-order valence-corrected chi connectivity index (χ0v) is 7.90. The molecule has 5 heteroatoms. The SMILES string of the molecule is CC(C)(C)c1cnnc(C(N)=O)n1. The first-order valence-corrected chi connectivity index (χ1v) is 3.91. The van der Waals surface area contributed by atoms with Crippen LogP contribution in [-0.2, 0) is 5.41 Å². The first-order valence-electron chi connectivity index (χ1n) is 3.91. The Morgan fingerprint density at radius 3 is 2.54 bits per heavy atom. The topological polar surface area (TPSA) is 81.8 Å². The lowest BCUT2D eigenvalue weighted by Crippen LogP contribution is -2.21. The number of carbonyl (C=O) groups is 1. The summed E-state index contributed by atoms with van der Waals surface area (Å²) >= 11 is 0. The second-order valence-electron chi connectivity index (χ2n) is 3.78. The minimum atomic E-state index is -0.654. The van der Waals surface area contributed by atoms with Crippen molar-refractivity contribution >= 4 is 5.91 Å². The van der Waals surface area contributed by atoms with Gasteiger partial charge in [-0.3, -0.25) is 4.79 Å². The lowest BCUT2D eigenvalue weighted by Gasteiger charge is -2.16. The number of rotatable bonds is 1. The Labute approximate surface area is 76.4 Å². The van der Waals surface area contributed by atoms with Crippen molar-refractivity contribution in [3.05, 3.63) is 17.7 Å². The van der Waals surface area contributed by atoms with Crippen LogP contribution < -0.4 is 5.73 Å². The van der Waals surface area contributed by atoms with E-state index in [1.807, 2.05) is 20.8 Å². The van der Waals surface area contributed by atoms with Crippen molar-refractivity contribution < 1.29 is 4.79 Å². The molecule has 1 amide bonds. The summed E-state index contributed by atoms with van der Waals surface area (Å²) in [4.78, 5) is 14.7. The Morgan fingerprint density at radius 1 is 1.46 bits per heavy atom. The highest BCUT2D eigenvalue weighted by Gasteiger charge is 2.17. The molecule has 1 heterocycles. The van der Waals surface area contributed by atoms with E-state index in [9.17, 15) is 4.79 Å². The molecular weight excluding hydrogens is 168 g/mol. The molecule has 0 saturated carbocycles. The molecule has 0 aliphatic rings. The van der Waals surface area contributed by atoms with Crippen molar-refractivity contribution in [2.75, 3.05) is 0 Å². The number of nitrogens with two attached hydrogens (primary N) is 1. The molecule has 0 aliphatic carbocycles. The summed E-state index contributed by atoms with van der Waals surface area (Å²) in [6, 6.07) is 0. The third-order valence-corrected chi connectivity index (χ3v) is 1.55. The zero-order valence-electron chi connectivity index (χ0n) is 7.90. The molecule has 5 nitrogen and oxygen atoms in total. The fourth-order valence-electron chi connectivity index (χ4n) is 0.769. The number of hydrogen-bond donors (Lipinski definition) is 1. The maximum Gasteiger partial charge on any atom is 0.288 e. The van der Waals surface area contributed by atoms with Crippen LogP contribution in [0.3, 0.4) is 0 Å². The van der Waals surface area contributed by atoms with Gasteiger partial charge in [0.25, 0.3) is 5.91 Å². The number of carbonyl (C=O) groups excluding carboxylic acids is 1. The molecule has 1 aromatic heterocycles. The van der Waals surface area contributed by atoms with Gasteiger partial charge in [-0.15, -0.1) is 5.10 Å². The number of aromatic nitrogens is 3. The predicted octanol–water partition coefficient (Wildman–Crippen LogP) is 0.268. The normalized spacial score (nSPS) is 11.3. The summed E-state index contributed by atoms with van der Waals surface area (Å²) in [6.07, 6.45) is 1.53. The number of nitrogens with zero attached hydrogens (tertiary/aromatic N) is 3. The van der Waals surface area contributed by atoms with Gasteiger partial charge in [0.05, 0.1) is 11.9 Å². The summed E-state index contributed by atoms with van der Waals surface area (Å²) in [6.45, 7) is 5.92. The fraction of sp³-hybridized carbons (Fsp3) is 0.500. The first-order chi connectivity index (χ1) is 5.91. The minimum absolute atomic E-state index is 0.0348. The molecule has 0 unspecified atom stereocenters. The molecule has 0 spiro atoms. The smallest absolute Gasteiger partial charge is 0.288 e. The molecule has 0 bridgehead atoms. The van der Waals surface area contributed by atoms with Gasteiger partial charge in [-0.25, -0.2) is 4.98 Å². The highest BCUT2D eigenvalue weighted by Crippen LogP contribution is 2.18. The summed E-state index contributed by atoms with van der Waals surface area (Å²) in [5, 5.41) is 7.18. The van der Waals surface area contributed by atoms with Crippen molar-refractivity contribution in [3.63, 3.8) is 0 Å². The second-order valence-corrected chi connectivity index (χ2v) is 3.78. The standard InChI is InChI=1S/C8H12N4O/c1-8(2,3)5-4-10-12-7(11-5)6(9)13/h4H,1-3H3,(H2,9,13). The van der Waals surface area contributed by atoms with Crippen molar-refractivity contribution in [1.29, 1.82) is 0 Å². The quantitative estimate of drug-likeness (QED) is 0.672. The Bertz CT molecular complexity index is 329. The highest BCUT2D eigenvalue weighted by atomic mass is 16.1. The summed E-state index contributed by atoms with van der Waals surface area (Å²) in [5.41, 5.74) is 5.57. The van der Waals surface area contributed by atoms with Crippen LogP contribution in [0.15, 0.2) is 6.20 Å². The Balaban J connectivity index is 3.13. The van der Waals surface area contributed by atoms with Gasteiger partial charge in [-0.05, 0) is 0 Å². The summed E-state index contributed by atoms with van der Waals surface area (Å²) in [7, 11) is 0. The largest absolute Gasteiger partial charge is 0.363 e. The maximum absolute atomic E-state index is 10.7. The predicted molar refractivity (Wildman–Crippen MR) is 47.0 cm³/mol. The lowest BCUT2D eigenvalue weighted by molar-refractivity contribution is 0.0988. The lowest BCUT2D eigenvalue weighted by atomic mass is 9.93. The van der Waals surface area contributed by atoms with E-state index in [0.29, 0.717) is 5.69 Å². The fourth-order valence-corrected chi connectivity index (χ4v) is 0.769. The van der Waals surface area contributed by atoms with Gasteiger partial charge in [0.1, 0.15) is 0 Å². The van der Waals surface area contributed by atoms with Crippen LogP contribution in [0.25, 0.3) is 0 Å². The van der Waals surface area contributed by atoms with Gasteiger partial charge in [-0.1, -0.05) is 20.8 Å². The van der Waals surface area contributed by atoms with E-state index in [4.69, 9.17) is 5.73 Å². The van der Waals surface area contributed by atoms with E-state index in [2.05, 4.69) is 15.2 Å². The van der Waals surface area contributed by atoms with Crippen molar-refractivity contribution in [2.24, 2.45) is 5.73 Å². The number of hydrogen-bond acceptors (Lipinski definition) is 4.